The first-order chi connectivity index (χ1) is 13.1. The van der Waals surface area contributed by atoms with E-state index in [2.05, 4.69) is 36.4 Å². The Morgan fingerprint density at radius 1 is 1.25 bits per heavy atom. The number of anilines is 1. The summed E-state index contributed by atoms with van der Waals surface area (Å²) in [7, 11) is 0. The second kappa shape index (κ2) is 11.5. The van der Waals surface area contributed by atoms with Crippen LogP contribution >= 0.6 is 35.3 Å². The van der Waals surface area contributed by atoms with E-state index in [4.69, 9.17) is 14.5 Å². The number of aromatic nitrogens is 1. The predicted octanol–water partition coefficient (Wildman–Crippen LogP) is 4.70. The van der Waals surface area contributed by atoms with E-state index < -0.39 is 0 Å². The fourth-order valence-electron chi connectivity index (χ4n) is 2.71. The summed E-state index contributed by atoms with van der Waals surface area (Å²) in [5.41, 5.74) is 0.920. The Bertz CT molecular complexity index is 779. The molecule has 2 heterocycles. The molecule has 0 aliphatic carbocycles. The van der Waals surface area contributed by atoms with Crippen LogP contribution in [0.5, 0.6) is 11.5 Å². The second-order valence-electron chi connectivity index (χ2n) is 6.85. The van der Waals surface area contributed by atoms with Gasteiger partial charge in [0.15, 0.2) is 17.5 Å². The van der Waals surface area contributed by atoms with E-state index in [1.807, 2.05) is 24.4 Å². The molecule has 8 heteroatoms. The number of rotatable bonds is 6. The van der Waals surface area contributed by atoms with Gasteiger partial charge < -0.3 is 20.1 Å². The number of hydrogen-bond acceptors (Lipinski definition) is 5. The van der Waals surface area contributed by atoms with Gasteiger partial charge >= 0.3 is 0 Å². The Hall–Kier alpha value is -1.55. The molecule has 3 rings (SSSR count). The number of fused-ring (bicyclic) bond motifs is 1. The van der Waals surface area contributed by atoms with Crippen LogP contribution in [0.2, 0.25) is 0 Å². The molecule has 0 bridgehead atoms. The quantitative estimate of drug-likeness (QED) is 0.331. The number of nitrogens with zero attached hydrogens (tertiary/aromatic N) is 2. The Labute approximate surface area is 188 Å². The average molecular weight is 516 g/mol. The Balaban J connectivity index is 0.00000280. The Kier molecular flexibility index (Phi) is 9.30. The lowest BCUT2D eigenvalue weighted by atomic mass is 10.1. The minimum Gasteiger partial charge on any atom is -0.490 e. The van der Waals surface area contributed by atoms with E-state index in [0.717, 1.165) is 42.5 Å². The van der Waals surface area contributed by atoms with Gasteiger partial charge in [0.1, 0.15) is 0 Å². The van der Waals surface area contributed by atoms with E-state index in [0.29, 0.717) is 25.7 Å². The maximum absolute atomic E-state index is 5.76. The molecule has 1 aromatic carbocycles. The van der Waals surface area contributed by atoms with Crippen LogP contribution in [0, 0.1) is 5.92 Å². The van der Waals surface area contributed by atoms with Crippen molar-refractivity contribution in [1.29, 1.82) is 0 Å². The first-order valence-electron chi connectivity index (χ1n) is 9.52. The lowest BCUT2D eigenvalue weighted by Gasteiger charge is -2.13. The largest absolute Gasteiger partial charge is 0.490 e. The van der Waals surface area contributed by atoms with Gasteiger partial charge in [-0.1, -0.05) is 13.8 Å². The molecule has 2 N–H and O–H groups in total. The van der Waals surface area contributed by atoms with Crippen LogP contribution in [0.25, 0.3) is 0 Å². The highest BCUT2D eigenvalue weighted by molar-refractivity contribution is 14.0. The summed E-state index contributed by atoms with van der Waals surface area (Å²) < 4.78 is 11.4. The van der Waals surface area contributed by atoms with Crippen molar-refractivity contribution >= 4 is 47.0 Å². The van der Waals surface area contributed by atoms with Gasteiger partial charge in [0.05, 0.1) is 24.8 Å². The molecule has 0 atom stereocenters. The number of ether oxygens (including phenoxy) is 2. The van der Waals surface area contributed by atoms with Gasteiger partial charge in [-0.05, 0) is 25.0 Å². The molecule has 0 amide bonds. The number of hydrogen-bond donors (Lipinski definition) is 2. The monoisotopic (exact) mass is 516 g/mol. The molecule has 2 aromatic rings. The summed E-state index contributed by atoms with van der Waals surface area (Å²) in [6.45, 7) is 9.24. The van der Waals surface area contributed by atoms with E-state index in [-0.39, 0.29) is 24.0 Å². The predicted molar refractivity (Wildman–Crippen MR) is 127 cm³/mol. The first-order valence-corrected chi connectivity index (χ1v) is 10.3. The van der Waals surface area contributed by atoms with E-state index in [9.17, 15) is 0 Å². The number of thiazole rings is 1. The van der Waals surface area contributed by atoms with E-state index in [1.54, 1.807) is 11.3 Å². The average Bonchev–Trinajstić information content (AvgIpc) is 2.94. The van der Waals surface area contributed by atoms with Gasteiger partial charge in [-0.3, -0.25) is 0 Å². The molecule has 28 heavy (non-hydrogen) atoms. The summed E-state index contributed by atoms with van der Waals surface area (Å²) in [6, 6.07) is 5.88. The third-order valence-electron chi connectivity index (χ3n) is 3.93. The zero-order valence-electron chi connectivity index (χ0n) is 16.7. The van der Waals surface area contributed by atoms with Crippen LogP contribution in [0.15, 0.2) is 29.4 Å². The fraction of sp³-hybridized carbons (Fsp3) is 0.500. The van der Waals surface area contributed by atoms with Crippen LogP contribution < -0.4 is 20.1 Å². The van der Waals surface area contributed by atoms with Gasteiger partial charge in [0.2, 0.25) is 0 Å². The smallest absolute Gasteiger partial charge is 0.196 e. The van der Waals surface area contributed by atoms with Crippen molar-refractivity contribution in [2.24, 2.45) is 10.9 Å². The number of guanidine groups is 1. The van der Waals surface area contributed by atoms with Crippen molar-refractivity contribution in [2.45, 2.75) is 40.2 Å². The van der Waals surface area contributed by atoms with Gasteiger partial charge in [0.25, 0.3) is 0 Å². The first kappa shape index (κ1) is 22.7. The van der Waals surface area contributed by atoms with E-state index in [1.165, 1.54) is 9.88 Å². The van der Waals surface area contributed by atoms with Crippen molar-refractivity contribution in [1.82, 2.24) is 10.3 Å². The molecule has 0 saturated carbocycles. The maximum Gasteiger partial charge on any atom is 0.196 e. The van der Waals surface area contributed by atoms with Gasteiger partial charge in [-0.15, -0.1) is 35.3 Å². The molecule has 1 aliphatic rings. The van der Waals surface area contributed by atoms with Gasteiger partial charge in [-0.25, -0.2) is 9.98 Å². The molecule has 6 nitrogen and oxygen atoms in total. The molecule has 0 spiro atoms. The second-order valence-corrected chi connectivity index (χ2v) is 8.05. The van der Waals surface area contributed by atoms with Crippen molar-refractivity contribution < 1.29 is 9.47 Å². The van der Waals surface area contributed by atoms with Crippen molar-refractivity contribution in [3.05, 3.63) is 34.3 Å². The number of halogens is 1. The normalized spacial score (nSPS) is 13.6. The van der Waals surface area contributed by atoms with Crippen molar-refractivity contribution in [3.63, 3.8) is 0 Å². The lowest BCUT2D eigenvalue weighted by Crippen LogP contribution is -2.30. The van der Waals surface area contributed by atoms with Crippen LogP contribution in [-0.2, 0) is 13.0 Å². The summed E-state index contributed by atoms with van der Waals surface area (Å²) in [6.07, 6.45) is 3.85. The lowest BCUT2D eigenvalue weighted by molar-refractivity contribution is 0.297. The maximum atomic E-state index is 5.76. The number of aliphatic imine (C=N–C) groups is 1. The SMILES string of the molecule is CCNC(=NCc1cnc(CC(C)C)s1)Nc1ccc2c(c1)OCCCO2.I. The molecule has 0 fully saturated rings. The fourth-order valence-corrected chi connectivity index (χ4v) is 3.77. The third-order valence-corrected chi connectivity index (χ3v) is 4.94. The minimum atomic E-state index is 0. The minimum absolute atomic E-state index is 0. The van der Waals surface area contributed by atoms with E-state index >= 15 is 0 Å². The molecule has 0 unspecified atom stereocenters. The van der Waals surface area contributed by atoms with Crippen molar-refractivity contribution in [2.75, 3.05) is 25.1 Å². The highest BCUT2D eigenvalue weighted by atomic mass is 127. The number of nitrogens with one attached hydrogen (secondary N) is 2. The standard InChI is InChI=1S/C20H28N4O2S.HI/c1-4-21-20(23-13-16-12-22-19(27-16)10-14(2)3)24-15-6-7-17-18(11-15)26-9-5-8-25-17;/h6-7,11-12,14H,4-5,8-10,13H2,1-3H3,(H2,21,23,24);1H. The highest BCUT2D eigenvalue weighted by Crippen LogP contribution is 2.32. The van der Waals surface area contributed by atoms with Crippen LogP contribution in [0.1, 0.15) is 37.1 Å². The zero-order chi connectivity index (χ0) is 19.1. The Morgan fingerprint density at radius 3 is 2.79 bits per heavy atom. The third kappa shape index (κ3) is 6.80. The molecular formula is C20H29IN4O2S. The molecular weight excluding hydrogens is 487 g/mol. The van der Waals surface area contributed by atoms with Crippen LogP contribution in [0.4, 0.5) is 5.69 Å². The topological polar surface area (TPSA) is 67.8 Å². The summed E-state index contributed by atoms with van der Waals surface area (Å²) >= 11 is 1.74. The summed E-state index contributed by atoms with van der Waals surface area (Å²) in [5, 5.41) is 7.81. The highest BCUT2D eigenvalue weighted by Gasteiger charge is 2.11. The molecule has 0 radical (unpaired) electrons. The van der Waals surface area contributed by atoms with Crippen LogP contribution in [0.3, 0.4) is 0 Å². The summed E-state index contributed by atoms with van der Waals surface area (Å²) in [5.74, 6) is 2.92. The molecule has 154 valence electrons. The molecule has 0 saturated heterocycles. The molecule has 1 aromatic heterocycles. The van der Waals surface area contributed by atoms with Crippen LogP contribution in [-0.4, -0.2) is 30.7 Å². The van der Waals surface area contributed by atoms with Gasteiger partial charge in [0, 0.05) is 42.2 Å². The van der Waals surface area contributed by atoms with Gasteiger partial charge in [-0.2, -0.15) is 0 Å². The zero-order valence-corrected chi connectivity index (χ0v) is 19.8. The van der Waals surface area contributed by atoms with Crippen molar-refractivity contribution in [3.8, 4) is 11.5 Å². The number of benzene rings is 1. The summed E-state index contributed by atoms with van der Waals surface area (Å²) in [4.78, 5) is 10.4. The molecule has 1 aliphatic heterocycles. The Morgan fingerprint density at radius 2 is 2.04 bits per heavy atom.